The molecule has 8 atom stereocenters. The summed E-state index contributed by atoms with van der Waals surface area (Å²) in [6.45, 7) is 11.9. The van der Waals surface area contributed by atoms with Gasteiger partial charge in [-0.25, -0.2) is 4.79 Å². The summed E-state index contributed by atoms with van der Waals surface area (Å²) in [7, 11) is 0. The van der Waals surface area contributed by atoms with Gasteiger partial charge in [-0.2, -0.15) is 0 Å². The summed E-state index contributed by atoms with van der Waals surface area (Å²) >= 11 is 0. The van der Waals surface area contributed by atoms with Crippen LogP contribution in [0.5, 0.6) is 0 Å². The lowest BCUT2D eigenvalue weighted by Crippen LogP contribution is -2.60. The first-order valence-electron chi connectivity index (χ1n) is 21.3. The molecule has 0 saturated carbocycles. The highest BCUT2D eigenvalue weighted by molar-refractivity contribution is 5.97. The number of H-pyrrole nitrogens is 1. The van der Waals surface area contributed by atoms with E-state index < -0.39 is 102 Å². The second kappa shape index (κ2) is 24.4. The predicted molar refractivity (Wildman–Crippen MR) is 236 cm³/mol. The minimum absolute atomic E-state index is 0.0230. The molecule has 0 unspecified atom stereocenters. The number of aliphatic carboxylic acids is 2. The number of rotatable bonds is 25. The molecule has 2 aromatic carbocycles. The Bertz CT molecular complexity index is 2050. The van der Waals surface area contributed by atoms with Gasteiger partial charge in [0.1, 0.15) is 36.3 Å². The van der Waals surface area contributed by atoms with E-state index in [0.29, 0.717) is 17.5 Å². The third-order valence-corrected chi connectivity index (χ3v) is 10.8. The van der Waals surface area contributed by atoms with E-state index in [2.05, 4.69) is 36.9 Å². The maximum absolute atomic E-state index is 14.1. The topological polar surface area (TPSA) is 291 Å². The van der Waals surface area contributed by atoms with Crippen LogP contribution in [-0.2, 0) is 51.2 Å². The van der Waals surface area contributed by atoms with E-state index in [1.165, 1.54) is 6.92 Å². The van der Waals surface area contributed by atoms with Crippen molar-refractivity contribution in [2.75, 3.05) is 0 Å². The Morgan fingerprint density at radius 1 is 0.635 bits per heavy atom. The minimum atomic E-state index is -1.27. The molecule has 18 heteroatoms. The summed E-state index contributed by atoms with van der Waals surface area (Å²) in [5.41, 5.74) is 8.10. The number of benzene rings is 2. The second-order valence-electron chi connectivity index (χ2n) is 16.8. The number of carboxylic acids is 2. The molecule has 0 aliphatic carbocycles. The fraction of sp³-hybridized carbons (Fsp3) is 0.511. The van der Waals surface area contributed by atoms with Crippen LogP contribution in [0.2, 0.25) is 0 Å². The molecule has 0 radical (unpaired) electrons. The van der Waals surface area contributed by atoms with Crippen molar-refractivity contribution < 1.29 is 48.6 Å². The molecule has 0 aliphatic heterocycles. The highest BCUT2D eigenvalue weighted by Gasteiger charge is 2.35. The van der Waals surface area contributed by atoms with Crippen LogP contribution in [0.15, 0.2) is 60.8 Å². The van der Waals surface area contributed by atoms with Crippen LogP contribution < -0.4 is 37.6 Å². The zero-order valence-electron chi connectivity index (χ0n) is 37.0. The Kier molecular flexibility index (Phi) is 19.7. The summed E-state index contributed by atoms with van der Waals surface area (Å²) in [4.78, 5) is 109. The summed E-state index contributed by atoms with van der Waals surface area (Å²) in [5, 5.41) is 35.5. The maximum atomic E-state index is 14.1. The number of fused-ring (bicyclic) bond motifs is 1. The van der Waals surface area contributed by atoms with E-state index in [0.717, 1.165) is 10.9 Å². The quantitative estimate of drug-likeness (QED) is 0.0587. The van der Waals surface area contributed by atoms with Gasteiger partial charge in [0.15, 0.2) is 0 Å². The van der Waals surface area contributed by atoms with Crippen molar-refractivity contribution in [2.24, 2.45) is 23.5 Å². The van der Waals surface area contributed by atoms with Crippen LogP contribution in [0.4, 0.5) is 0 Å². The van der Waals surface area contributed by atoms with E-state index >= 15 is 0 Å². The molecule has 0 fully saturated rings. The van der Waals surface area contributed by atoms with Crippen molar-refractivity contribution in [3.05, 3.63) is 71.9 Å². The van der Waals surface area contributed by atoms with Crippen molar-refractivity contribution in [1.29, 1.82) is 0 Å². The number of aromatic amines is 1. The predicted octanol–water partition coefficient (Wildman–Crippen LogP) is 1.91. The molecule has 1 aromatic heterocycles. The van der Waals surface area contributed by atoms with Gasteiger partial charge in [-0.15, -0.1) is 0 Å². The number of carbonyl (C=O) groups excluding carboxylic acids is 6. The third-order valence-electron chi connectivity index (χ3n) is 10.8. The lowest BCUT2D eigenvalue weighted by Gasteiger charge is -2.29. The number of carbonyl (C=O) groups is 8. The fourth-order valence-electron chi connectivity index (χ4n) is 6.84. The highest BCUT2D eigenvalue weighted by Crippen LogP contribution is 2.20. The first kappa shape index (κ1) is 51.1. The molecule has 3 aromatic rings. The molecule has 0 bridgehead atoms. The SMILES string of the molecule is CC[C@H](C)[C@H](NC(=O)[C@H](Cc1ccccc1)NC(=O)[C@@H](N)CCC(=O)O)C(=O)N[C@@H](C)C(=O)N[C@@H](Cc1c[nH]c2ccccc12)C(=O)N[C@@H](CC(C)C)C(=O)N[C@H](C(=O)O)C(C)C. The molecule has 3 rings (SSSR count). The van der Waals surface area contributed by atoms with Gasteiger partial charge in [0.25, 0.3) is 0 Å². The first-order chi connectivity index (χ1) is 29.7. The summed E-state index contributed by atoms with van der Waals surface area (Å²) in [5.74, 6) is -7.70. The van der Waals surface area contributed by atoms with Crippen molar-refractivity contribution in [1.82, 2.24) is 36.9 Å². The Hall–Kier alpha value is -6.30. The molecule has 63 heavy (non-hydrogen) atoms. The van der Waals surface area contributed by atoms with Crippen molar-refractivity contribution in [3.63, 3.8) is 0 Å². The zero-order chi connectivity index (χ0) is 47.0. The van der Waals surface area contributed by atoms with Crippen LogP contribution >= 0.6 is 0 Å². The van der Waals surface area contributed by atoms with E-state index in [1.54, 1.807) is 57.3 Å². The monoisotopic (exact) mass is 876 g/mol. The number of nitrogens with two attached hydrogens (primary N) is 1. The molecule has 18 nitrogen and oxygen atoms in total. The largest absolute Gasteiger partial charge is 0.481 e. The molecule has 0 saturated heterocycles. The molecule has 1 heterocycles. The molecule has 11 N–H and O–H groups in total. The second-order valence-corrected chi connectivity index (χ2v) is 16.8. The first-order valence-corrected chi connectivity index (χ1v) is 21.3. The third kappa shape index (κ3) is 15.8. The fourth-order valence-corrected chi connectivity index (χ4v) is 6.84. The Morgan fingerprint density at radius 3 is 1.79 bits per heavy atom. The van der Waals surface area contributed by atoms with Gasteiger partial charge in [0.05, 0.1) is 6.04 Å². The summed E-state index contributed by atoms with van der Waals surface area (Å²) in [6.07, 6.45) is 1.77. The van der Waals surface area contributed by atoms with Crippen LogP contribution in [0.25, 0.3) is 10.9 Å². The maximum Gasteiger partial charge on any atom is 0.326 e. The molecule has 6 amide bonds. The van der Waals surface area contributed by atoms with Crippen LogP contribution in [0.3, 0.4) is 0 Å². The minimum Gasteiger partial charge on any atom is -0.481 e. The standard InChI is InChI=1S/C45H64N8O10/c1-8-26(6)38(53-43(60)34(21-28-14-10-9-11-15-28)50-40(57)31(46)18-19-36(54)55)44(61)48-27(7)39(56)49-35(22-29-23-47-32-17-13-12-16-30(29)32)41(58)51-33(20-24(2)3)42(59)52-37(25(4)5)45(62)63/h9-17,23-27,31,33-35,37-38,47H,8,18-22,46H2,1-7H3,(H,48,61)(H,49,56)(H,50,57)(H,51,58)(H,52,59)(H,53,60)(H,54,55)(H,62,63)/t26-,27-,31-,33-,34-,35-,37-,38-/m0/s1. The van der Waals surface area contributed by atoms with E-state index in [4.69, 9.17) is 10.8 Å². The molecule has 344 valence electrons. The normalized spacial score (nSPS) is 15.1. The van der Waals surface area contributed by atoms with Crippen molar-refractivity contribution in [3.8, 4) is 0 Å². The van der Waals surface area contributed by atoms with E-state index in [1.807, 2.05) is 45.0 Å². The molecular formula is C45H64N8O10. The number of amides is 6. The Labute approximate surface area is 367 Å². The Morgan fingerprint density at radius 2 is 1.19 bits per heavy atom. The van der Waals surface area contributed by atoms with E-state index in [9.17, 15) is 43.5 Å². The number of aromatic nitrogens is 1. The number of hydrogen-bond acceptors (Lipinski definition) is 9. The molecule has 0 spiro atoms. The van der Waals surface area contributed by atoms with Gasteiger partial charge >= 0.3 is 11.9 Å². The van der Waals surface area contributed by atoms with Crippen LogP contribution in [-0.4, -0.2) is 105 Å². The number of nitrogens with one attached hydrogen (secondary N) is 7. The summed E-state index contributed by atoms with van der Waals surface area (Å²) < 4.78 is 0. The molecule has 0 aliphatic rings. The molecular weight excluding hydrogens is 813 g/mol. The van der Waals surface area contributed by atoms with Gasteiger partial charge in [-0.05, 0) is 54.7 Å². The van der Waals surface area contributed by atoms with Gasteiger partial charge in [-0.1, -0.05) is 96.5 Å². The highest BCUT2D eigenvalue weighted by atomic mass is 16.4. The Balaban J connectivity index is 1.85. The van der Waals surface area contributed by atoms with Crippen molar-refractivity contribution >= 4 is 58.3 Å². The number of carboxylic acid groups (broad SMARTS) is 2. The smallest absolute Gasteiger partial charge is 0.326 e. The zero-order valence-corrected chi connectivity index (χ0v) is 37.0. The lowest BCUT2D eigenvalue weighted by molar-refractivity contribution is -0.143. The van der Waals surface area contributed by atoms with Crippen molar-refractivity contribution in [2.45, 2.75) is 129 Å². The van der Waals surface area contributed by atoms with Gasteiger partial charge in [0.2, 0.25) is 35.4 Å². The summed E-state index contributed by atoms with van der Waals surface area (Å²) in [6, 6.07) is 7.69. The van der Waals surface area contributed by atoms with Crippen LogP contribution in [0.1, 0.15) is 85.3 Å². The van der Waals surface area contributed by atoms with Gasteiger partial charge < -0.3 is 52.8 Å². The van der Waals surface area contributed by atoms with Crippen LogP contribution in [0, 0.1) is 17.8 Å². The lowest BCUT2D eigenvalue weighted by atomic mass is 9.96. The average Bonchev–Trinajstić information content (AvgIpc) is 3.64. The van der Waals surface area contributed by atoms with Gasteiger partial charge in [-0.3, -0.25) is 33.6 Å². The average molecular weight is 877 g/mol. The van der Waals surface area contributed by atoms with E-state index in [-0.39, 0.29) is 38.0 Å². The number of para-hydroxylation sites is 1. The number of hydrogen-bond donors (Lipinski definition) is 10. The van der Waals surface area contributed by atoms with Gasteiger partial charge in [0, 0.05) is 36.4 Å².